The van der Waals surface area contributed by atoms with Gasteiger partial charge in [-0.25, -0.2) is 0 Å². The lowest BCUT2D eigenvalue weighted by Gasteiger charge is -2.13. The summed E-state index contributed by atoms with van der Waals surface area (Å²) in [6, 6.07) is 8.54. The number of carbonyl (C=O) groups is 3. The van der Waals surface area contributed by atoms with Gasteiger partial charge in [0.25, 0.3) is 11.8 Å². The number of benzene rings is 1. The number of imide groups is 1. The average Bonchev–Trinajstić information content (AvgIpc) is 3.14. The fourth-order valence-electron chi connectivity index (χ4n) is 2.69. The van der Waals surface area contributed by atoms with E-state index >= 15 is 0 Å². The third-order valence-electron chi connectivity index (χ3n) is 3.93. The molecule has 0 spiro atoms. The van der Waals surface area contributed by atoms with E-state index in [-0.39, 0.29) is 17.7 Å². The number of anilines is 1. The Hall–Kier alpha value is -2.61. The second kappa shape index (κ2) is 8.18. The maximum Gasteiger partial charge on any atom is 0.261 e. The molecule has 0 saturated heterocycles. The first kappa shape index (κ1) is 18.2. The van der Waals surface area contributed by atoms with Gasteiger partial charge in [0.2, 0.25) is 5.91 Å². The van der Waals surface area contributed by atoms with Crippen molar-refractivity contribution in [2.45, 2.75) is 19.8 Å². The second-order valence-corrected chi connectivity index (χ2v) is 7.04. The SMILES string of the molecule is Cc1cc(NC(=O)CSCCCCN2C(=O)c3ccccc3C2=O)no1. The molecule has 0 radical (unpaired) electrons. The van der Waals surface area contributed by atoms with E-state index < -0.39 is 0 Å². The van der Waals surface area contributed by atoms with E-state index in [9.17, 15) is 14.4 Å². The Morgan fingerprint density at radius 3 is 2.50 bits per heavy atom. The van der Waals surface area contributed by atoms with Gasteiger partial charge in [0.15, 0.2) is 5.82 Å². The number of nitrogens with one attached hydrogen (secondary N) is 1. The van der Waals surface area contributed by atoms with Crippen molar-refractivity contribution in [2.75, 3.05) is 23.4 Å². The molecule has 1 aromatic heterocycles. The van der Waals surface area contributed by atoms with Gasteiger partial charge in [-0.1, -0.05) is 17.3 Å². The van der Waals surface area contributed by atoms with Crippen LogP contribution >= 0.6 is 11.8 Å². The molecule has 1 N–H and O–H groups in total. The summed E-state index contributed by atoms with van der Waals surface area (Å²) in [4.78, 5) is 37.5. The summed E-state index contributed by atoms with van der Waals surface area (Å²) in [6.07, 6.45) is 1.52. The molecule has 0 unspecified atom stereocenters. The van der Waals surface area contributed by atoms with Crippen molar-refractivity contribution in [1.29, 1.82) is 0 Å². The number of aromatic nitrogens is 1. The van der Waals surface area contributed by atoms with E-state index in [1.54, 1.807) is 37.3 Å². The number of unbranched alkanes of at least 4 members (excludes halogenated alkanes) is 1. The normalized spacial score (nSPS) is 13.2. The monoisotopic (exact) mass is 373 g/mol. The van der Waals surface area contributed by atoms with E-state index in [4.69, 9.17) is 4.52 Å². The van der Waals surface area contributed by atoms with E-state index in [1.165, 1.54) is 16.7 Å². The molecular formula is C18H19N3O4S. The highest BCUT2D eigenvalue weighted by Crippen LogP contribution is 2.22. The lowest BCUT2D eigenvalue weighted by atomic mass is 10.1. The molecule has 8 heteroatoms. The van der Waals surface area contributed by atoms with Crippen LogP contribution in [0, 0.1) is 6.92 Å². The Balaban J connectivity index is 1.33. The molecule has 1 aromatic carbocycles. The van der Waals surface area contributed by atoms with Crippen molar-refractivity contribution in [3.8, 4) is 0 Å². The number of amides is 3. The highest BCUT2D eigenvalue weighted by atomic mass is 32.2. The van der Waals surface area contributed by atoms with Gasteiger partial charge in [-0.2, -0.15) is 11.8 Å². The average molecular weight is 373 g/mol. The number of carbonyl (C=O) groups excluding carboxylic acids is 3. The number of thioether (sulfide) groups is 1. The first-order chi connectivity index (χ1) is 12.6. The fraction of sp³-hybridized carbons (Fsp3) is 0.333. The first-order valence-corrected chi connectivity index (χ1v) is 9.48. The lowest BCUT2D eigenvalue weighted by Crippen LogP contribution is -2.30. The number of rotatable bonds is 8. The summed E-state index contributed by atoms with van der Waals surface area (Å²) in [6.45, 7) is 2.16. The molecule has 1 aliphatic heterocycles. The van der Waals surface area contributed by atoms with Crippen LogP contribution in [-0.4, -0.2) is 45.8 Å². The molecule has 1 aliphatic rings. The van der Waals surface area contributed by atoms with Crippen LogP contribution in [0.15, 0.2) is 34.9 Å². The summed E-state index contributed by atoms with van der Waals surface area (Å²) < 4.78 is 4.88. The van der Waals surface area contributed by atoms with Crippen LogP contribution in [-0.2, 0) is 4.79 Å². The molecule has 0 atom stereocenters. The maximum absolute atomic E-state index is 12.2. The van der Waals surface area contributed by atoms with Crippen molar-refractivity contribution in [1.82, 2.24) is 10.1 Å². The van der Waals surface area contributed by atoms with Crippen molar-refractivity contribution in [3.63, 3.8) is 0 Å². The van der Waals surface area contributed by atoms with Gasteiger partial charge < -0.3 is 9.84 Å². The molecule has 0 saturated carbocycles. The zero-order valence-corrected chi connectivity index (χ0v) is 15.2. The van der Waals surface area contributed by atoms with Crippen molar-refractivity contribution in [2.24, 2.45) is 0 Å². The number of hydrogen-bond donors (Lipinski definition) is 1. The Morgan fingerprint density at radius 1 is 1.19 bits per heavy atom. The van der Waals surface area contributed by atoms with Gasteiger partial charge in [-0.3, -0.25) is 19.3 Å². The molecular weight excluding hydrogens is 354 g/mol. The Bertz CT molecular complexity index is 798. The van der Waals surface area contributed by atoms with Crippen molar-refractivity contribution < 1.29 is 18.9 Å². The van der Waals surface area contributed by atoms with E-state index in [1.807, 2.05) is 0 Å². The van der Waals surface area contributed by atoms with Crippen molar-refractivity contribution >= 4 is 35.3 Å². The highest BCUT2D eigenvalue weighted by molar-refractivity contribution is 7.99. The van der Waals surface area contributed by atoms with Crippen LogP contribution in [0.4, 0.5) is 5.82 Å². The molecule has 7 nitrogen and oxygen atoms in total. The second-order valence-electron chi connectivity index (χ2n) is 5.94. The number of fused-ring (bicyclic) bond motifs is 1. The Labute approximate surface area is 155 Å². The fourth-order valence-corrected chi connectivity index (χ4v) is 3.50. The Kier molecular flexibility index (Phi) is 5.72. The molecule has 26 heavy (non-hydrogen) atoms. The summed E-state index contributed by atoms with van der Waals surface area (Å²) in [5.41, 5.74) is 0.957. The maximum atomic E-state index is 12.2. The van der Waals surface area contributed by atoms with Crippen LogP contribution in [0.3, 0.4) is 0 Å². The highest BCUT2D eigenvalue weighted by Gasteiger charge is 2.34. The molecule has 136 valence electrons. The molecule has 0 bridgehead atoms. The third kappa shape index (κ3) is 4.13. The van der Waals surface area contributed by atoms with Crippen molar-refractivity contribution in [3.05, 3.63) is 47.2 Å². The zero-order chi connectivity index (χ0) is 18.5. The summed E-state index contributed by atoms with van der Waals surface area (Å²) in [5, 5.41) is 6.36. The predicted molar refractivity (Wildman–Crippen MR) is 98.2 cm³/mol. The zero-order valence-electron chi connectivity index (χ0n) is 14.4. The standard InChI is InChI=1S/C18H19N3O4S/c1-12-10-15(20-25-12)19-16(22)11-26-9-5-4-8-21-17(23)13-6-2-3-7-14(13)18(21)24/h2-3,6-7,10H,4-5,8-9,11H2,1H3,(H,19,20,22). The van der Waals surface area contributed by atoms with Crippen LogP contribution < -0.4 is 5.32 Å². The van der Waals surface area contributed by atoms with Gasteiger partial charge >= 0.3 is 0 Å². The van der Waals surface area contributed by atoms with Crippen LogP contribution in [0.2, 0.25) is 0 Å². The summed E-state index contributed by atoms with van der Waals surface area (Å²) >= 11 is 1.50. The third-order valence-corrected chi connectivity index (χ3v) is 4.97. The van der Waals surface area contributed by atoms with Gasteiger partial charge in [-0.15, -0.1) is 0 Å². The minimum atomic E-state index is -0.222. The van der Waals surface area contributed by atoms with E-state index in [0.717, 1.165) is 12.2 Å². The molecule has 2 aromatic rings. The van der Waals surface area contributed by atoms with Crippen LogP contribution in [0.5, 0.6) is 0 Å². The summed E-state index contributed by atoms with van der Waals surface area (Å²) in [7, 11) is 0. The number of hydrogen-bond acceptors (Lipinski definition) is 6. The quantitative estimate of drug-likeness (QED) is 0.565. The van der Waals surface area contributed by atoms with E-state index in [2.05, 4.69) is 10.5 Å². The predicted octanol–water partition coefficient (Wildman–Crippen LogP) is 2.73. The largest absolute Gasteiger partial charge is 0.360 e. The van der Waals surface area contributed by atoms with Gasteiger partial charge in [0.05, 0.1) is 16.9 Å². The smallest absolute Gasteiger partial charge is 0.261 e. The minimum Gasteiger partial charge on any atom is -0.360 e. The van der Waals surface area contributed by atoms with Gasteiger partial charge in [0, 0.05) is 12.6 Å². The minimum absolute atomic E-state index is 0.136. The molecule has 0 aliphatic carbocycles. The first-order valence-electron chi connectivity index (χ1n) is 8.32. The molecule has 0 fully saturated rings. The molecule has 2 heterocycles. The number of nitrogens with zero attached hydrogens (tertiary/aromatic N) is 2. The van der Waals surface area contributed by atoms with Crippen LogP contribution in [0.1, 0.15) is 39.3 Å². The molecule has 3 amide bonds. The van der Waals surface area contributed by atoms with Crippen LogP contribution in [0.25, 0.3) is 0 Å². The topological polar surface area (TPSA) is 92.5 Å². The molecule has 3 rings (SSSR count). The van der Waals surface area contributed by atoms with Gasteiger partial charge in [-0.05, 0) is 37.7 Å². The van der Waals surface area contributed by atoms with E-state index in [0.29, 0.717) is 41.4 Å². The van der Waals surface area contributed by atoms with Gasteiger partial charge in [0.1, 0.15) is 5.76 Å². The lowest BCUT2D eigenvalue weighted by molar-refractivity contribution is -0.113. The summed E-state index contributed by atoms with van der Waals surface area (Å²) in [5.74, 6) is 1.57. The number of aryl methyl sites for hydroxylation is 1. The Morgan fingerprint density at radius 2 is 1.88 bits per heavy atom.